The first kappa shape index (κ1) is 17.3. The number of hydrogen-bond donors (Lipinski definition) is 1. The summed E-state index contributed by atoms with van der Waals surface area (Å²) in [5.41, 5.74) is 5.57. The molecule has 4 rings (SSSR count). The number of hydrogen-bond acceptors (Lipinski definition) is 2. The standard InChI is InChI=1S/C23H28N2O/c1-26-14-6-13-25-17-20(16-24-21-11-12-21)23-19(9-5-10-22(23)25)15-18-7-3-2-4-8-18/h2-5,7-10,17,21,24H,6,11-16H2,1H3. The van der Waals surface area contributed by atoms with Gasteiger partial charge in [0.15, 0.2) is 0 Å². The lowest BCUT2D eigenvalue weighted by Gasteiger charge is -2.08. The molecule has 1 aromatic heterocycles. The van der Waals surface area contributed by atoms with Gasteiger partial charge in [-0.25, -0.2) is 0 Å². The highest BCUT2D eigenvalue weighted by atomic mass is 16.5. The van der Waals surface area contributed by atoms with Crippen molar-refractivity contribution < 1.29 is 4.74 Å². The molecule has 3 nitrogen and oxygen atoms in total. The fraction of sp³-hybridized carbons (Fsp3) is 0.391. The highest BCUT2D eigenvalue weighted by Gasteiger charge is 2.21. The molecule has 1 fully saturated rings. The molecule has 3 aromatic rings. The molecule has 1 N–H and O–H groups in total. The molecule has 2 aromatic carbocycles. The quantitative estimate of drug-likeness (QED) is 0.575. The summed E-state index contributed by atoms with van der Waals surface area (Å²) in [4.78, 5) is 0. The van der Waals surface area contributed by atoms with Crippen molar-refractivity contribution in [3.05, 3.63) is 71.4 Å². The molecule has 1 aliphatic carbocycles. The first-order chi connectivity index (χ1) is 12.8. The Morgan fingerprint density at radius 3 is 2.65 bits per heavy atom. The molecule has 26 heavy (non-hydrogen) atoms. The van der Waals surface area contributed by atoms with Gasteiger partial charge in [-0.1, -0.05) is 42.5 Å². The fourth-order valence-corrected chi connectivity index (χ4v) is 3.72. The summed E-state index contributed by atoms with van der Waals surface area (Å²) in [6.07, 6.45) is 7.02. The number of aromatic nitrogens is 1. The number of benzene rings is 2. The minimum atomic E-state index is 0.725. The largest absolute Gasteiger partial charge is 0.385 e. The van der Waals surface area contributed by atoms with Crippen LogP contribution in [0.25, 0.3) is 10.9 Å². The van der Waals surface area contributed by atoms with Gasteiger partial charge in [-0.05, 0) is 48.4 Å². The van der Waals surface area contributed by atoms with E-state index in [0.717, 1.165) is 38.6 Å². The van der Waals surface area contributed by atoms with Gasteiger partial charge in [0.1, 0.15) is 0 Å². The van der Waals surface area contributed by atoms with Gasteiger partial charge in [0.05, 0.1) is 0 Å². The van der Waals surface area contributed by atoms with Crippen LogP contribution in [0.15, 0.2) is 54.7 Å². The molecule has 1 heterocycles. The number of aryl methyl sites for hydroxylation is 1. The molecule has 0 atom stereocenters. The van der Waals surface area contributed by atoms with Crippen molar-refractivity contribution in [2.75, 3.05) is 13.7 Å². The van der Waals surface area contributed by atoms with Gasteiger partial charge in [-0.3, -0.25) is 0 Å². The number of fused-ring (bicyclic) bond motifs is 1. The van der Waals surface area contributed by atoms with E-state index in [2.05, 4.69) is 64.6 Å². The predicted octanol–water partition coefficient (Wildman–Crippen LogP) is 4.52. The molecule has 0 unspecified atom stereocenters. The average molecular weight is 348 g/mol. The van der Waals surface area contributed by atoms with Gasteiger partial charge >= 0.3 is 0 Å². The molecule has 0 bridgehead atoms. The van der Waals surface area contributed by atoms with E-state index < -0.39 is 0 Å². The van der Waals surface area contributed by atoms with Crippen molar-refractivity contribution in [3.8, 4) is 0 Å². The normalized spacial score (nSPS) is 14.2. The van der Waals surface area contributed by atoms with Crippen LogP contribution in [0.5, 0.6) is 0 Å². The Kier molecular flexibility index (Phi) is 5.37. The number of nitrogens with zero attached hydrogens (tertiary/aromatic N) is 1. The maximum atomic E-state index is 5.25. The maximum absolute atomic E-state index is 5.25. The first-order valence-corrected chi connectivity index (χ1v) is 9.71. The lowest BCUT2D eigenvalue weighted by molar-refractivity contribution is 0.190. The van der Waals surface area contributed by atoms with Crippen LogP contribution >= 0.6 is 0 Å². The Morgan fingerprint density at radius 2 is 1.88 bits per heavy atom. The van der Waals surface area contributed by atoms with Gasteiger partial charge in [0, 0.05) is 49.9 Å². The van der Waals surface area contributed by atoms with Crippen LogP contribution in [0.1, 0.15) is 36.0 Å². The maximum Gasteiger partial charge on any atom is 0.0486 e. The van der Waals surface area contributed by atoms with E-state index in [0.29, 0.717) is 0 Å². The van der Waals surface area contributed by atoms with E-state index in [1.807, 2.05) is 0 Å². The SMILES string of the molecule is COCCCn1cc(CNC2CC2)c2c(Cc3ccccc3)cccc21. The second-order valence-corrected chi connectivity index (χ2v) is 7.32. The highest BCUT2D eigenvalue weighted by molar-refractivity contribution is 5.87. The van der Waals surface area contributed by atoms with Crippen LogP contribution in [-0.4, -0.2) is 24.3 Å². The van der Waals surface area contributed by atoms with Crippen LogP contribution < -0.4 is 5.32 Å². The zero-order chi connectivity index (χ0) is 17.8. The molecular weight excluding hydrogens is 320 g/mol. The summed E-state index contributed by atoms with van der Waals surface area (Å²) in [7, 11) is 1.77. The zero-order valence-corrected chi connectivity index (χ0v) is 15.6. The Balaban J connectivity index is 1.68. The Hall–Kier alpha value is -2.10. The monoisotopic (exact) mass is 348 g/mol. The second kappa shape index (κ2) is 8.07. The van der Waals surface area contributed by atoms with Crippen molar-refractivity contribution in [1.29, 1.82) is 0 Å². The third kappa shape index (κ3) is 4.00. The first-order valence-electron chi connectivity index (χ1n) is 9.71. The molecule has 1 saturated carbocycles. The van der Waals surface area contributed by atoms with Crippen LogP contribution in [0.2, 0.25) is 0 Å². The van der Waals surface area contributed by atoms with Gasteiger partial charge in [0.2, 0.25) is 0 Å². The molecule has 0 aliphatic heterocycles. The van der Waals surface area contributed by atoms with E-state index >= 15 is 0 Å². The molecular formula is C23H28N2O. The lowest BCUT2D eigenvalue weighted by Crippen LogP contribution is -2.15. The van der Waals surface area contributed by atoms with E-state index in [4.69, 9.17) is 4.74 Å². The Labute approximate surface area is 156 Å². The number of methoxy groups -OCH3 is 1. The molecule has 1 aliphatic rings. The van der Waals surface area contributed by atoms with Crippen molar-refractivity contribution >= 4 is 10.9 Å². The molecule has 0 amide bonds. The molecule has 0 spiro atoms. The second-order valence-electron chi connectivity index (χ2n) is 7.32. The predicted molar refractivity (Wildman–Crippen MR) is 108 cm³/mol. The van der Waals surface area contributed by atoms with Gasteiger partial charge < -0.3 is 14.6 Å². The van der Waals surface area contributed by atoms with Crippen LogP contribution in [0, 0.1) is 0 Å². The third-order valence-corrected chi connectivity index (χ3v) is 5.21. The zero-order valence-electron chi connectivity index (χ0n) is 15.6. The lowest BCUT2D eigenvalue weighted by atomic mass is 9.99. The third-order valence-electron chi connectivity index (χ3n) is 5.21. The van der Waals surface area contributed by atoms with Gasteiger partial charge in [-0.2, -0.15) is 0 Å². The van der Waals surface area contributed by atoms with E-state index in [9.17, 15) is 0 Å². The molecule has 136 valence electrons. The van der Waals surface area contributed by atoms with Gasteiger partial charge in [0.25, 0.3) is 0 Å². The fourth-order valence-electron chi connectivity index (χ4n) is 3.72. The van der Waals surface area contributed by atoms with Crippen LogP contribution in [-0.2, 0) is 24.2 Å². The molecule has 3 heteroatoms. The van der Waals surface area contributed by atoms with E-state index in [-0.39, 0.29) is 0 Å². The molecule has 0 radical (unpaired) electrons. The number of rotatable bonds is 9. The molecule has 0 saturated heterocycles. The Bertz CT molecular complexity index is 849. The average Bonchev–Trinajstić information content (AvgIpc) is 3.43. The number of ether oxygens (including phenoxy) is 1. The highest BCUT2D eigenvalue weighted by Crippen LogP contribution is 2.29. The minimum absolute atomic E-state index is 0.725. The minimum Gasteiger partial charge on any atom is -0.385 e. The topological polar surface area (TPSA) is 26.2 Å². The van der Waals surface area contributed by atoms with Crippen LogP contribution in [0.3, 0.4) is 0 Å². The summed E-state index contributed by atoms with van der Waals surface area (Å²) >= 11 is 0. The van der Waals surface area contributed by atoms with Gasteiger partial charge in [-0.15, -0.1) is 0 Å². The smallest absolute Gasteiger partial charge is 0.0486 e. The Morgan fingerprint density at radius 1 is 1.04 bits per heavy atom. The summed E-state index contributed by atoms with van der Waals surface area (Å²) < 4.78 is 7.66. The van der Waals surface area contributed by atoms with Crippen molar-refractivity contribution in [2.45, 2.75) is 44.8 Å². The summed E-state index contributed by atoms with van der Waals surface area (Å²) in [5, 5.41) is 5.13. The van der Waals surface area contributed by atoms with E-state index in [1.165, 1.54) is 40.4 Å². The summed E-state index contributed by atoms with van der Waals surface area (Å²) in [6, 6.07) is 18.2. The number of nitrogens with one attached hydrogen (secondary N) is 1. The van der Waals surface area contributed by atoms with Crippen molar-refractivity contribution in [1.82, 2.24) is 9.88 Å². The van der Waals surface area contributed by atoms with E-state index in [1.54, 1.807) is 7.11 Å². The summed E-state index contributed by atoms with van der Waals surface area (Å²) in [5.74, 6) is 0. The van der Waals surface area contributed by atoms with Crippen LogP contribution in [0.4, 0.5) is 0 Å². The summed E-state index contributed by atoms with van der Waals surface area (Å²) in [6.45, 7) is 2.77. The van der Waals surface area contributed by atoms with Crippen molar-refractivity contribution in [2.24, 2.45) is 0 Å². The van der Waals surface area contributed by atoms with Crippen molar-refractivity contribution in [3.63, 3.8) is 0 Å².